The zero-order valence-corrected chi connectivity index (χ0v) is 13.3. The van der Waals surface area contributed by atoms with Crippen LogP contribution < -0.4 is 10.1 Å². The quantitative estimate of drug-likeness (QED) is 0.815. The van der Waals surface area contributed by atoms with E-state index in [0.29, 0.717) is 12.1 Å². The third-order valence-corrected chi connectivity index (χ3v) is 3.55. The van der Waals surface area contributed by atoms with Crippen molar-refractivity contribution in [3.8, 4) is 5.75 Å². The molecule has 0 saturated carbocycles. The van der Waals surface area contributed by atoms with E-state index in [1.165, 1.54) is 11.1 Å². The molecule has 21 heavy (non-hydrogen) atoms. The molecule has 1 unspecified atom stereocenters. The summed E-state index contributed by atoms with van der Waals surface area (Å²) in [6.45, 7) is 8.47. The maximum atomic E-state index is 5.68. The lowest BCUT2D eigenvalue weighted by atomic mass is 10.0. The largest absolute Gasteiger partial charge is 0.491 e. The Balaban J connectivity index is 1.98. The summed E-state index contributed by atoms with van der Waals surface area (Å²) in [6, 6.07) is 19.5. The van der Waals surface area contributed by atoms with Crippen LogP contribution in [0.2, 0.25) is 0 Å². The molecule has 0 aromatic heterocycles. The fraction of sp³-hybridized carbons (Fsp3) is 0.368. The lowest BCUT2D eigenvalue weighted by Crippen LogP contribution is -2.22. The van der Waals surface area contributed by atoms with E-state index in [0.717, 1.165) is 5.75 Å². The lowest BCUT2D eigenvalue weighted by molar-refractivity contribution is 0.242. The van der Waals surface area contributed by atoms with Crippen molar-refractivity contribution in [2.24, 2.45) is 0 Å². The standard InChI is InChI=1S/C19H25NO/c1-14(2)21-19-12-10-18(11-13-19)16(4)20-15(3)17-8-6-5-7-9-17/h5-16,20H,1-4H3/t15-,16?/m0/s1. The smallest absolute Gasteiger partial charge is 0.119 e. The summed E-state index contributed by atoms with van der Waals surface area (Å²) in [5.41, 5.74) is 2.58. The number of rotatable bonds is 6. The Hall–Kier alpha value is -1.80. The Morgan fingerprint density at radius 2 is 1.24 bits per heavy atom. The Morgan fingerprint density at radius 1 is 0.714 bits per heavy atom. The average Bonchev–Trinajstić information content (AvgIpc) is 2.48. The van der Waals surface area contributed by atoms with Crippen LogP contribution in [0, 0.1) is 0 Å². The van der Waals surface area contributed by atoms with Crippen molar-refractivity contribution in [2.75, 3.05) is 0 Å². The number of nitrogens with one attached hydrogen (secondary N) is 1. The van der Waals surface area contributed by atoms with Crippen molar-refractivity contribution >= 4 is 0 Å². The molecule has 0 heterocycles. The van der Waals surface area contributed by atoms with Gasteiger partial charge in [0.05, 0.1) is 6.10 Å². The summed E-state index contributed by atoms with van der Waals surface area (Å²) in [5.74, 6) is 0.928. The van der Waals surface area contributed by atoms with Crippen molar-refractivity contribution in [1.82, 2.24) is 5.32 Å². The van der Waals surface area contributed by atoms with Gasteiger partial charge in [-0.25, -0.2) is 0 Å². The maximum Gasteiger partial charge on any atom is 0.119 e. The first kappa shape index (κ1) is 15.6. The molecule has 0 spiro atoms. The summed E-state index contributed by atoms with van der Waals surface area (Å²) in [6.07, 6.45) is 0.213. The molecule has 2 aromatic carbocycles. The zero-order valence-electron chi connectivity index (χ0n) is 13.3. The third kappa shape index (κ3) is 4.61. The molecule has 0 amide bonds. The van der Waals surface area contributed by atoms with Gasteiger partial charge < -0.3 is 10.1 Å². The minimum atomic E-state index is 0.213. The lowest BCUT2D eigenvalue weighted by Gasteiger charge is -2.21. The van der Waals surface area contributed by atoms with E-state index in [4.69, 9.17) is 4.74 Å². The molecule has 0 fully saturated rings. The van der Waals surface area contributed by atoms with E-state index in [1.54, 1.807) is 0 Å². The summed E-state index contributed by atoms with van der Waals surface area (Å²) in [5, 5.41) is 3.63. The van der Waals surface area contributed by atoms with Crippen LogP contribution in [0.3, 0.4) is 0 Å². The maximum absolute atomic E-state index is 5.68. The fourth-order valence-corrected chi connectivity index (χ4v) is 2.42. The number of ether oxygens (including phenoxy) is 1. The second-order valence-corrected chi connectivity index (χ2v) is 5.76. The topological polar surface area (TPSA) is 21.3 Å². The molecule has 0 saturated heterocycles. The van der Waals surface area contributed by atoms with Crippen LogP contribution in [-0.4, -0.2) is 6.10 Å². The van der Waals surface area contributed by atoms with Crippen LogP contribution in [0.25, 0.3) is 0 Å². The van der Waals surface area contributed by atoms with Gasteiger partial charge in [0.15, 0.2) is 0 Å². The van der Waals surface area contributed by atoms with E-state index in [2.05, 4.69) is 55.6 Å². The van der Waals surface area contributed by atoms with Gasteiger partial charge in [-0.15, -0.1) is 0 Å². The molecule has 0 bridgehead atoms. The Kier molecular flexibility index (Phi) is 5.40. The monoisotopic (exact) mass is 283 g/mol. The van der Waals surface area contributed by atoms with E-state index < -0.39 is 0 Å². The van der Waals surface area contributed by atoms with E-state index >= 15 is 0 Å². The average molecular weight is 283 g/mol. The summed E-state index contributed by atoms with van der Waals surface area (Å²) in [4.78, 5) is 0. The Morgan fingerprint density at radius 3 is 1.76 bits per heavy atom. The van der Waals surface area contributed by atoms with Gasteiger partial charge in [-0.2, -0.15) is 0 Å². The normalized spacial score (nSPS) is 14.0. The molecule has 0 aliphatic heterocycles. The summed E-state index contributed by atoms with van der Waals surface area (Å²) < 4.78 is 5.68. The Labute approximate surface area is 128 Å². The molecule has 2 rings (SSSR count). The van der Waals surface area contributed by atoms with Gasteiger partial charge in [-0.3, -0.25) is 0 Å². The first-order chi connectivity index (χ1) is 10.1. The molecule has 1 N–H and O–H groups in total. The van der Waals surface area contributed by atoms with Crippen LogP contribution in [0.4, 0.5) is 0 Å². The molecular weight excluding hydrogens is 258 g/mol. The van der Waals surface area contributed by atoms with Crippen LogP contribution >= 0.6 is 0 Å². The van der Waals surface area contributed by atoms with Crippen molar-refractivity contribution in [1.29, 1.82) is 0 Å². The summed E-state index contributed by atoms with van der Waals surface area (Å²) in [7, 11) is 0. The molecule has 0 radical (unpaired) electrons. The van der Waals surface area contributed by atoms with Crippen LogP contribution in [0.1, 0.15) is 50.9 Å². The van der Waals surface area contributed by atoms with E-state index in [-0.39, 0.29) is 6.10 Å². The predicted octanol–water partition coefficient (Wildman–Crippen LogP) is 4.89. The molecule has 2 nitrogen and oxygen atoms in total. The van der Waals surface area contributed by atoms with Crippen LogP contribution in [0.5, 0.6) is 5.75 Å². The van der Waals surface area contributed by atoms with Crippen LogP contribution in [0.15, 0.2) is 54.6 Å². The highest BCUT2D eigenvalue weighted by Crippen LogP contribution is 2.21. The second-order valence-electron chi connectivity index (χ2n) is 5.76. The highest BCUT2D eigenvalue weighted by Gasteiger charge is 2.11. The van der Waals surface area contributed by atoms with Crippen molar-refractivity contribution in [3.05, 3.63) is 65.7 Å². The van der Waals surface area contributed by atoms with Gasteiger partial charge in [-0.05, 0) is 51.0 Å². The van der Waals surface area contributed by atoms with Gasteiger partial charge in [0, 0.05) is 12.1 Å². The van der Waals surface area contributed by atoms with Gasteiger partial charge in [0.25, 0.3) is 0 Å². The van der Waals surface area contributed by atoms with Crippen LogP contribution in [-0.2, 0) is 0 Å². The minimum Gasteiger partial charge on any atom is -0.491 e. The molecule has 2 heteroatoms. The number of hydrogen-bond acceptors (Lipinski definition) is 2. The van der Waals surface area contributed by atoms with Crippen molar-refractivity contribution in [3.63, 3.8) is 0 Å². The molecular formula is C19H25NO. The first-order valence-electron chi connectivity index (χ1n) is 7.64. The number of benzene rings is 2. The van der Waals surface area contributed by atoms with Gasteiger partial charge >= 0.3 is 0 Å². The first-order valence-corrected chi connectivity index (χ1v) is 7.64. The SMILES string of the molecule is CC(C)Oc1ccc(C(C)N[C@@H](C)c2ccccc2)cc1. The molecule has 112 valence electrons. The molecule has 0 aliphatic rings. The van der Waals surface area contributed by atoms with Crippen molar-refractivity contribution in [2.45, 2.75) is 45.9 Å². The second kappa shape index (κ2) is 7.28. The highest BCUT2D eigenvalue weighted by molar-refractivity contribution is 5.29. The molecule has 2 atom stereocenters. The van der Waals surface area contributed by atoms with E-state index in [1.807, 2.05) is 32.0 Å². The highest BCUT2D eigenvalue weighted by atomic mass is 16.5. The molecule has 0 aliphatic carbocycles. The van der Waals surface area contributed by atoms with Crippen molar-refractivity contribution < 1.29 is 4.74 Å². The molecule has 2 aromatic rings. The van der Waals surface area contributed by atoms with Gasteiger partial charge in [0.2, 0.25) is 0 Å². The zero-order chi connectivity index (χ0) is 15.2. The van der Waals surface area contributed by atoms with Gasteiger partial charge in [-0.1, -0.05) is 42.5 Å². The Bertz CT molecular complexity index is 533. The van der Waals surface area contributed by atoms with Gasteiger partial charge in [0.1, 0.15) is 5.75 Å². The number of hydrogen-bond donors (Lipinski definition) is 1. The summed E-state index contributed by atoms with van der Waals surface area (Å²) >= 11 is 0. The fourth-order valence-electron chi connectivity index (χ4n) is 2.42. The predicted molar refractivity (Wildman–Crippen MR) is 88.6 cm³/mol. The van der Waals surface area contributed by atoms with E-state index in [9.17, 15) is 0 Å². The minimum absolute atomic E-state index is 0.213. The third-order valence-electron chi connectivity index (χ3n) is 3.55.